The van der Waals surface area contributed by atoms with Crippen LogP contribution in [-0.4, -0.2) is 89.4 Å². The van der Waals surface area contributed by atoms with Crippen molar-refractivity contribution < 1.29 is 4.79 Å². The largest absolute Gasteiger partial charge is 0.335 e. The molecule has 0 atom stereocenters. The van der Waals surface area contributed by atoms with Gasteiger partial charge in [0.1, 0.15) is 0 Å². The molecule has 1 aliphatic heterocycles. The molecule has 0 unspecified atom stereocenters. The Kier molecular flexibility index (Phi) is 4.27. The second-order valence-corrected chi connectivity index (χ2v) is 4.79. The van der Waals surface area contributed by atoms with E-state index in [2.05, 4.69) is 39.3 Å². The van der Waals surface area contributed by atoms with Crippen molar-refractivity contribution in [2.45, 2.75) is 0 Å². The summed E-state index contributed by atoms with van der Waals surface area (Å²) in [5.74, 6) is -0.0315. The van der Waals surface area contributed by atoms with Gasteiger partial charge in [-0.05, 0) is 14.1 Å². The number of carbonyl (C=O) groups excluding carboxylic acids is 1. The minimum absolute atomic E-state index is 0.0315. The minimum Gasteiger partial charge on any atom is -0.335 e. The maximum atomic E-state index is 12.0. The summed E-state index contributed by atoms with van der Waals surface area (Å²) >= 11 is 0. The summed E-state index contributed by atoms with van der Waals surface area (Å²) in [7, 11) is 4.15. The van der Waals surface area contributed by atoms with Crippen LogP contribution in [0.5, 0.6) is 0 Å². The molecule has 0 aromatic carbocycles. The lowest BCUT2D eigenvalue weighted by molar-refractivity contribution is 0.0624. The number of hydrogen-bond donors (Lipinski definition) is 1. The first-order valence-corrected chi connectivity index (χ1v) is 6.19. The van der Waals surface area contributed by atoms with Gasteiger partial charge < -0.3 is 9.80 Å². The maximum absolute atomic E-state index is 12.0. The van der Waals surface area contributed by atoms with Crippen molar-refractivity contribution in [3.05, 3.63) is 11.9 Å². The number of aromatic amines is 1. The third-order valence-corrected chi connectivity index (χ3v) is 3.16. The van der Waals surface area contributed by atoms with E-state index in [1.54, 1.807) is 0 Å². The predicted molar refractivity (Wildman–Crippen MR) is 67.3 cm³/mol. The SMILES string of the molecule is CN(C)CCN1CCN(C(=O)c2cn[nH]n2)CC1. The zero-order chi connectivity index (χ0) is 13.0. The standard InChI is InChI=1S/C11H20N6O/c1-15(2)3-4-16-5-7-17(8-6-16)11(18)10-9-12-14-13-10/h9H,3-8H2,1-2H3,(H,12,13,14). The molecule has 1 aromatic rings. The molecule has 0 radical (unpaired) electrons. The van der Waals surface area contributed by atoms with Crippen molar-refractivity contribution in [3.63, 3.8) is 0 Å². The molecule has 1 fully saturated rings. The van der Waals surface area contributed by atoms with Gasteiger partial charge in [0.05, 0.1) is 6.20 Å². The Hall–Kier alpha value is -1.47. The van der Waals surface area contributed by atoms with E-state index < -0.39 is 0 Å². The van der Waals surface area contributed by atoms with Crippen LogP contribution in [0.1, 0.15) is 10.5 Å². The Balaban J connectivity index is 1.78. The van der Waals surface area contributed by atoms with Gasteiger partial charge >= 0.3 is 0 Å². The van der Waals surface area contributed by atoms with Crippen LogP contribution in [-0.2, 0) is 0 Å². The summed E-state index contributed by atoms with van der Waals surface area (Å²) < 4.78 is 0. The summed E-state index contributed by atoms with van der Waals surface area (Å²) in [5, 5.41) is 9.95. The highest BCUT2D eigenvalue weighted by Gasteiger charge is 2.23. The average molecular weight is 252 g/mol. The van der Waals surface area contributed by atoms with E-state index in [0.717, 1.165) is 39.3 Å². The molecule has 0 bridgehead atoms. The lowest BCUT2D eigenvalue weighted by Crippen LogP contribution is -2.50. The van der Waals surface area contributed by atoms with E-state index in [9.17, 15) is 4.79 Å². The summed E-state index contributed by atoms with van der Waals surface area (Å²) in [4.78, 5) is 18.4. The van der Waals surface area contributed by atoms with Crippen LogP contribution >= 0.6 is 0 Å². The van der Waals surface area contributed by atoms with E-state index in [1.165, 1.54) is 6.20 Å². The number of nitrogens with zero attached hydrogens (tertiary/aromatic N) is 5. The molecule has 7 nitrogen and oxygen atoms in total. The van der Waals surface area contributed by atoms with E-state index in [-0.39, 0.29) is 5.91 Å². The molecule has 18 heavy (non-hydrogen) atoms. The third kappa shape index (κ3) is 3.27. The first kappa shape index (κ1) is 13.0. The quantitative estimate of drug-likeness (QED) is 0.754. The van der Waals surface area contributed by atoms with Crippen molar-refractivity contribution in [2.24, 2.45) is 0 Å². The Morgan fingerprint density at radius 2 is 2.11 bits per heavy atom. The molecule has 0 spiro atoms. The van der Waals surface area contributed by atoms with E-state index >= 15 is 0 Å². The summed E-state index contributed by atoms with van der Waals surface area (Å²) in [6, 6.07) is 0. The molecule has 1 amide bonds. The molecular formula is C11H20N6O. The smallest absolute Gasteiger partial charge is 0.276 e. The molecule has 2 heterocycles. The van der Waals surface area contributed by atoms with Gasteiger partial charge in [-0.1, -0.05) is 0 Å². The number of hydrogen-bond acceptors (Lipinski definition) is 5. The van der Waals surface area contributed by atoms with Gasteiger partial charge in [-0.15, -0.1) is 0 Å². The fourth-order valence-corrected chi connectivity index (χ4v) is 1.98. The number of nitrogens with one attached hydrogen (secondary N) is 1. The second-order valence-electron chi connectivity index (χ2n) is 4.79. The molecule has 2 rings (SSSR count). The highest BCUT2D eigenvalue weighted by atomic mass is 16.2. The van der Waals surface area contributed by atoms with Gasteiger partial charge in [-0.25, -0.2) is 0 Å². The van der Waals surface area contributed by atoms with E-state index in [1.807, 2.05) is 4.90 Å². The van der Waals surface area contributed by atoms with E-state index in [0.29, 0.717) is 5.69 Å². The monoisotopic (exact) mass is 252 g/mol. The van der Waals surface area contributed by atoms with Crippen molar-refractivity contribution in [1.29, 1.82) is 0 Å². The number of amides is 1. The number of rotatable bonds is 4. The highest BCUT2D eigenvalue weighted by molar-refractivity contribution is 5.91. The van der Waals surface area contributed by atoms with Crippen molar-refractivity contribution in [1.82, 2.24) is 30.1 Å². The Morgan fingerprint density at radius 3 is 2.67 bits per heavy atom. The van der Waals surface area contributed by atoms with Crippen LogP contribution in [0.4, 0.5) is 0 Å². The van der Waals surface area contributed by atoms with Crippen molar-refractivity contribution in [2.75, 3.05) is 53.4 Å². The van der Waals surface area contributed by atoms with Gasteiger partial charge in [-0.2, -0.15) is 15.4 Å². The molecule has 0 saturated carbocycles. The second kappa shape index (κ2) is 5.92. The van der Waals surface area contributed by atoms with Gasteiger partial charge in [0.25, 0.3) is 5.91 Å². The van der Waals surface area contributed by atoms with Crippen LogP contribution in [0.2, 0.25) is 0 Å². The van der Waals surface area contributed by atoms with Gasteiger partial charge in [0.2, 0.25) is 0 Å². The zero-order valence-electron chi connectivity index (χ0n) is 11.0. The molecule has 0 aliphatic carbocycles. The van der Waals surface area contributed by atoms with Crippen molar-refractivity contribution in [3.8, 4) is 0 Å². The first-order chi connectivity index (χ1) is 8.66. The fraction of sp³-hybridized carbons (Fsp3) is 0.727. The lowest BCUT2D eigenvalue weighted by atomic mass is 10.3. The van der Waals surface area contributed by atoms with E-state index in [4.69, 9.17) is 0 Å². The maximum Gasteiger partial charge on any atom is 0.276 e. The van der Waals surface area contributed by atoms with Gasteiger partial charge in [0.15, 0.2) is 5.69 Å². The number of H-pyrrole nitrogens is 1. The predicted octanol–water partition coefficient (Wildman–Crippen LogP) is -0.876. The van der Waals surface area contributed by atoms with Gasteiger partial charge in [0, 0.05) is 39.3 Å². The lowest BCUT2D eigenvalue weighted by Gasteiger charge is -2.34. The summed E-state index contributed by atoms with van der Waals surface area (Å²) in [6.07, 6.45) is 1.47. The van der Waals surface area contributed by atoms with Crippen LogP contribution in [0.3, 0.4) is 0 Å². The number of likely N-dealkylation sites (N-methyl/N-ethyl adjacent to an activating group) is 1. The van der Waals surface area contributed by atoms with Gasteiger partial charge in [-0.3, -0.25) is 9.69 Å². The van der Waals surface area contributed by atoms with Crippen molar-refractivity contribution >= 4 is 5.91 Å². The first-order valence-electron chi connectivity index (χ1n) is 6.19. The van der Waals surface area contributed by atoms with Crippen LogP contribution < -0.4 is 0 Å². The third-order valence-electron chi connectivity index (χ3n) is 3.16. The molecule has 1 N–H and O–H groups in total. The molecule has 1 aromatic heterocycles. The summed E-state index contributed by atoms with van der Waals surface area (Å²) in [5.41, 5.74) is 0.400. The molecule has 100 valence electrons. The van der Waals surface area contributed by atoms with Crippen LogP contribution in [0.15, 0.2) is 6.20 Å². The minimum atomic E-state index is -0.0315. The zero-order valence-corrected chi connectivity index (χ0v) is 11.0. The van der Waals surface area contributed by atoms with Crippen LogP contribution in [0, 0.1) is 0 Å². The number of piperazine rings is 1. The van der Waals surface area contributed by atoms with Crippen LogP contribution in [0.25, 0.3) is 0 Å². The molecule has 1 saturated heterocycles. The fourth-order valence-electron chi connectivity index (χ4n) is 1.98. The summed E-state index contributed by atoms with van der Waals surface area (Å²) in [6.45, 7) is 5.49. The Morgan fingerprint density at radius 1 is 1.39 bits per heavy atom. The highest BCUT2D eigenvalue weighted by Crippen LogP contribution is 2.05. The Labute approximate surface area is 107 Å². The molecule has 7 heteroatoms. The molecular weight excluding hydrogens is 232 g/mol. The average Bonchev–Trinajstić information content (AvgIpc) is 2.90. The topological polar surface area (TPSA) is 68.4 Å². The Bertz CT molecular complexity index is 369. The normalized spacial score (nSPS) is 17.4. The number of aromatic nitrogens is 3. The molecule has 1 aliphatic rings. The number of carbonyl (C=O) groups is 1.